The fraction of sp³-hybridized carbons (Fsp3) is 0.391. The van der Waals surface area contributed by atoms with E-state index in [9.17, 15) is 22.0 Å². The number of benzene rings is 1. The zero-order valence-corrected chi connectivity index (χ0v) is 19.8. The third kappa shape index (κ3) is 4.49. The molecule has 0 aliphatic carbocycles. The number of nitrogens with one attached hydrogen (secondary N) is 2. The van der Waals surface area contributed by atoms with Crippen molar-refractivity contribution in [3.8, 4) is 0 Å². The van der Waals surface area contributed by atoms with Crippen molar-refractivity contribution in [3.05, 3.63) is 48.8 Å². The highest BCUT2D eigenvalue weighted by molar-refractivity contribution is 7.90. The summed E-state index contributed by atoms with van der Waals surface area (Å²) in [6.45, 7) is 4.16. The molecule has 3 heterocycles. The number of carbonyl (C=O) groups excluding carboxylic acids is 1. The third-order valence-electron chi connectivity index (χ3n) is 6.02. The number of nitrogens with zero attached hydrogens (tertiary/aromatic N) is 3. The van der Waals surface area contributed by atoms with Crippen LogP contribution in [0, 0.1) is 0 Å². The Morgan fingerprint density at radius 3 is 2.59 bits per heavy atom. The zero-order chi connectivity index (χ0) is 24.5. The molecule has 1 aliphatic heterocycles. The van der Waals surface area contributed by atoms with E-state index in [-0.39, 0.29) is 47.2 Å². The van der Waals surface area contributed by atoms with Crippen molar-refractivity contribution in [1.29, 1.82) is 0 Å². The number of rotatable bonds is 7. The van der Waals surface area contributed by atoms with Crippen LogP contribution >= 0.6 is 0 Å². The number of piperidine rings is 1. The van der Waals surface area contributed by atoms with Gasteiger partial charge in [-0.15, -0.1) is 0 Å². The molecule has 0 saturated carbocycles. The number of halogens is 2. The lowest BCUT2D eigenvalue weighted by Crippen LogP contribution is -2.54. The Balaban J connectivity index is 1.80. The first-order valence-electron chi connectivity index (χ1n) is 11.1. The quantitative estimate of drug-likeness (QED) is 0.523. The summed E-state index contributed by atoms with van der Waals surface area (Å²) in [7, 11) is -3.96. The maximum atomic E-state index is 15.0. The van der Waals surface area contributed by atoms with Gasteiger partial charge in [0.2, 0.25) is 5.91 Å². The normalized spacial score (nSPS) is 18.6. The van der Waals surface area contributed by atoms with Gasteiger partial charge in [-0.1, -0.05) is 32.0 Å². The van der Waals surface area contributed by atoms with E-state index in [0.29, 0.717) is 18.5 Å². The molecular formula is C23H27F2N5O3S. The van der Waals surface area contributed by atoms with Gasteiger partial charge in [0, 0.05) is 24.5 Å². The summed E-state index contributed by atoms with van der Waals surface area (Å²) in [5.74, 6) is -3.33. The molecule has 1 aromatic carbocycles. The van der Waals surface area contributed by atoms with Gasteiger partial charge >= 0.3 is 0 Å². The summed E-state index contributed by atoms with van der Waals surface area (Å²) in [4.78, 5) is 18.1. The maximum absolute atomic E-state index is 15.0. The van der Waals surface area contributed by atoms with Gasteiger partial charge in [0.15, 0.2) is 5.65 Å². The Morgan fingerprint density at radius 2 is 1.94 bits per heavy atom. The number of anilines is 2. The number of aromatic nitrogens is 2. The number of likely N-dealkylation sites (tertiary alicyclic amines) is 1. The minimum Gasteiger partial charge on any atom is -0.374 e. The molecular weight excluding hydrogens is 464 g/mol. The highest BCUT2D eigenvalue weighted by Crippen LogP contribution is 2.37. The molecule has 1 amide bonds. The molecule has 1 aliphatic rings. The molecule has 2 N–H and O–H groups in total. The van der Waals surface area contributed by atoms with Gasteiger partial charge in [-0.05, 0) is 31.2 Å². The first-order valence-corrected chi connectivity index (χ1v) is 12.6. The van der Waals surface area contributed by atoms with Gasteiger partial charge < -0.3 is 10.6 Å². The molecule has 1 fully saturated rings. The number of hydrogen-bond acceptors (Lipinski definition) is 6. The topological polar surface area (TPSA) is 96.3 Å². The van der Waals surface area contributed by atoms with Crippen molar-refractivity contribution in [2.45, 2.75) is 43.5 Å². The summed E-state index contributed by atoms with van der Waals surface area (Å²) in [5.41, 5.74) is 0.529. The molecule has 0 bridgehead atoms. The zero-order valence-electron chi connectivity index (χ0n) is 19.0. The van der Waals surface area contributed by atoms with Crippen LogP contribution in [0.2, 0.25) is 0 Å². The molecule has 3 aromatic rings. The maximum Gasteiger partial charge on any atom is 0.280 e. The molecule has 8 nitrogen and oxygen atoms in total. The lowest BCUT2D eigenvalue weighted by atomic mass is 10.00. The molecule has 0 spiro atoms. The number of amides is 1. The number of carbonyl (C=O) groups is 1. The Hall–Kier alpha value is -3.05. The second kappa shape index (κ2) is 9.30. The summed E-state index contributed by atoms with van der Waals surface area (Å²) in [6.07, 6.45) is 3.02. The Morgan fingerprint density at radius 1 is 1.21 bits per heavy atom. The Labute approximate surface area is 197 Å². The van der Waals surface area contributed by atoms with Crippen molar-refractivity contribution >= 4 is 38.3 Å². The van der Waals surface area contributed by atoms with E-state index < -0.39 is 22.0 Å². The van der Waals surface area contributed by atoms with Crippen LogP contribution in [-0.2, 0) is 14.8 Å². The number of alkyl halides is 2. The van der Waals surface area contributed by atoms with E-state index in [2.05, 4.69) is 15.6 Å². The molecule has 182 valence electrons. The van der Waals surface area contributed by atoms with Gasteiger partial charge in [-0.2, -0.15) is 0 Å². The number of pyridine rings is 1. The van der Waals surface area contributed by atoms with E-state index >= 15 is 0 Å². The average Bonchev–Trinajstić information content (AvgIpc) is 3.27. The SMILES string of the molecule is CCC(=O)Nc1cnc2c(ccn2S(=O)(=O)c2ccccc2)c1NC1CCN(CC)CC1(F)F. The standard InChI is InChI=1S/C23H27F2N5O3S/c1-3-20(31)27-18-14-26-22-17(10-13-30(22)34(32,33)16-8-6-5-7-9-16)21(18)28-19-11-12-29(4-2)15-23(19,24)25/h5-10,13-14,19H,3-4,11-12,15H2,1-2H3,(H,26,28)(H,27,31). The molecule has 1 saturated heterocycles. The Bertz CT molecular complexity index is 1290. The fourth-order valence-corrected chi connectivity index (χ4v) is 5.41. The lowest BCUT2D eigenvalue weighted by molar-refractivity contribution is -0.115. The second-order valence-corrected chi connectivity index (χ2v) is 10.0. The van der Waals surface area contributed by atoms with Crippen LogP contribution in [0.3, 0.4) is 0 Å². The fourth-order valence-electron chi connectivity index (χ4n) is 4.08. The summed E-state index contributed by atoms with van der Waals surface area (Å²) in [5, 5.41) is 5.93. The van der Waals surface area contributed by atoms with Crippen LogP contribution in [0.15, 0.2) is 53.7 Å². The van der Waals surface area contributed by atoms with Crippen LogP contribution in [0.1, 0.15) is 26.7 Å². The van der Waals surface area contributed by atoms with E-state index in [1.54, 1.807) is 30.0 Å². The summed E-state index contributed by atoms with van der Waals surface area (Å²) < 4.78 is 57.3. The summed E-state index contributed by atoms with van der Waals surface area (Å²) >= 11 is 0. The van der Waals surface area contributed by atoms with E-state index in [1.165, 1.54) is 30.6 Å². The molecule has 1 unspecified atom stereocenters. The van der Waals surface area contributed by atoms with Crippen LogP contribution in [-0.4, -0.2) is 59.8 Å². The second-order valence-electron chi connectivity index (χ2n) is 8.23. The third-order valence-corrected chi connectivity index (χ3v) is 7.70. The predicted octanol–water partition coefficient (Wildman–Crippen LogP) is 3.76. The van der Waals surface area contributed by atoms with Crippen molar-refractivity contribution in [1.82, 2.24) is 13.9 Å². The average molecular weight is 492 g/mol. The monoisotopic (exact) mass is 491 g/mol. The molecule has 0 radical (unpaired) electrons. The molecule has 11 heteroatoms. The van der Waals surface area contributed by atoms with Crippen molar-refractivity contribution in [3.63, 3.8) is 0 Å². The van der Waals surface area contributed by atoms with Crippen LogP contribution in [0.25, 0.3) is 11.0 Å². The van der Waals surface area contributed by atoms with Gasteiger partial charge in [0.05, 0.1) is 35.1 Å². The minimum absolute atomic E-state index is 0.0747. The van der Waals surface area contributed by atoms with Crippen molar-refractivity contribution in [2.24, 2.45) is 0 Å². The molecule has 1 atom stereocenters. The predicted molar refractivity (Wildman–Crippen MR) is 127 cm³/mol. The van der Waals surface area contributed by atoms with Gasteiger partial charge in [-0.3, -0.25) is 9.69 Å². The minimum atomic E-state index is -3.96. The number of fused-ring (bicyclic) bond motifs is 1. The largest absolute Gasteiger partial charge is 0.374 e. The van der Waals surface area contributed by atoms with Crippen LogP contribution in [0.5, 0.6) is 0 Å². The van der Waals surface area contributed by atoms with Gasteiger partial charge in [0.25, 0.3) is 15.9 Å². The van der Waals surface area contributed by atoms with E-state index in [4.69, 9.17) is 0 Å². The first-order chi connectivity index (χ1) is 16.2. The lowest BCUT2D eigenvalue weighted by Gasteiger charge is -2.38. The van der Waals surface area contributed by atoms with E-state index in [1.807, 2.05) is 6.92 Å². The molecule has 4 rings (SSSR count). The van der Waals surface area contributed by atoms with Crippen LogP contribution in [0.4, 0.5) is 20.2 Å². The van der Waals surface area contributed by atoms with Crippen LogP contribution < -0.4 is 10.6 Å². The van der Waals surface area contributed by atoms with Gasteiger partial charge in [-0.25, -0.2) is 26.2 Å². The van der Waals surface area contributed by atoms with Crippen molar-refractivity contribution in [2.75, 3.05) is 30.3 Å². The number of hydrogen-bond donors (Lipinski definition) is 2. The Kier molecular flexibility index (Phi) is 6.59. The van der Waals surface area contributed by atoms with Gasteiger partial charge in [0.1, 0.15) is 0 Å². The smallest absolute Gasteiger partial charge is 0.280 e. The highest BCUT2D eigenvalue weighted by atomic mass is 32.2. The first kappa shape index (κ1) is 24.1. The summed E-state index contributed by atoms with van der Waals surface area (Å²) in [6, 6.07) is 8.19. The highest BCUT2D eigenvalue weighted by Gasteiger charge is 2.44. The molecule has 34 heavy (non-hydrogen) atoms. The molecule has 2 aromatic heterocycles. The van der Waals surface area contributed by atoms with E-state index in [0.717, 1.165) is 3.97 Å². The van der Waals surface area contributed by atoms with Crippen molar-refractivity contribution < 1.29 is 22.0 Å².